The fourth-order valence-electron chi connectivity index (χ4n) is 4.09. The zero-order valence-electron chi connectivity index (χ0n) is 16.9. The normalized spacial score (nSPS) is 17.9. The first-order valence-electron chi connectivity index (χ1n) is 9.79. The number of halogens is 1. The molecule has 152 valence electrons. The second kappa shape index (κ2) is 7.71. The van der Waals surface area contributed by atoms with E-state index in [1.807, 2.05) is 50.2 Å². The number of amides is 1. The van der Waals surface area contributed by atoms with E-state index in [0.29, 0.717) is 21.8 Å². The molecule has 1 amide bonds. The second-order valence-electron chi connectivity index (χ2n) is 7.78. The Morgan fingerprint density at radius 2 is 1.73 bits per heavy atom. The highest BCUT2D eigenvalue weighted by Crippen LogP contribution is 2.44. The standard InChI is InChI=1S/C25H22ClNO3/c1-16-11-12-19(17(2)13-16)23(28)14-25(30)20-8-4-6-10-22(20)27(24(25)29)15-18-7-3-5-9-21(18)26/h3-13,30H,14-15H2,1-2H3/t25-/m0/s1. The molecular formula is C25H22ClNO3. The van der Waals surface area contributed by atoms with Crippen LogP contribution < -0.4 is 4.90 Å². The van der Waals surface area contributed by atoms with Crippen LogP contribution in [0.4, 0.5) is 5.69 Å². The number of rotatable bonds is 5. The largest absolute Gasteiger partial charge is 0.375 e. The number of carbonyl (C=O) groups excluding carboxylic acids is 2. The lowest BCUT2D eigenvalue weighted by molar-refractivity contribution is -0.136. The Bertz CT molecular complexity index is 1160. The molecular weight excluding hydrogens is 398 g/mol. The van der Waals surface area contributed by atoms with E-state index in [2.05, 4.69) is 0 Å². The maximum atomic E-state index is 13.4. The Morgan fingerprint density at radius 3 is 2.47 bits per heavy atom. The zero-order chi connectivity index (χ0) is 21.5. The van der Waals surface area contributed by atoms with Crippen LogP contribution in [0.5, 0.6) is 0 Å². The highest BCUT2D eigenvalue weighted by Gasteiger charge is 2.50. The summed E-state index contributed by atoms with van der Waals surface area (Å²) in [5, 5.41) is 12.0. The van der Waals surface area contributed by atoms with Gasteiger partial charge in [0.05, 0.1) is 18.7 Å². The number of aliphatic hydroxyl groups is 1. The second-order valence-corrected chi connectivity index (χ2v) is 8.19. The van der Waals surface area contributed by atoms with E-state index in [-0.39, 0.29) is 18.7 Å². The fourth-order valence-corrected chi connectivity index (χ4v) is 4.28. The van der Waals surface area contributed by atoms with Crippen LogP contribution in [-0.2, 0) is 16.9 Å². The van der Waals surface area contributed by atoms with Crippen molar-refractivity contribution in [2.75, 3.05) is 4.90 Å². The van der Waals surface area contributed by atoms with E-state index in [9.17, 15) is 14.7 Å². The van der Waals surface area contributed by atoms with Crippen molar-refractivity contribution >= 4 is 29.0 Å². The summed E-state index contributed by atoms with van der Waals surface area (Å²) in [6.07, 6.45) is -0.314. The first-order chi connectivity index (χ1) is 14.3. The SMILES string of the molecule is Cc1ccc(C(=O)C[C@@]2(O)C(=O)N(Cc3ccccc3Cl)c3ccccc32)c(C)c1. The first kappa shape index (κ1) is 20.3. The predicted molar refractivity (Wildman–Crippen MR) is 118 cm³/mol. The molecule has 1 aliphatic heterocycles. The number of hydrogen-bond acceptors (Lipinski definition) is 3. The van der Waals surface area contributed by atoms with Gasteiger partial charge in [-0.2, -0.15) is 0 Å². The van der Waals surface area contributed by atoms with Crippen molar-refractivity contribution in [3.05, 3.63) is 99.6 Å². The summed E-state index contributed by atoms with van der Waals surface area (Å²) < 4.78 is 0. The van der Waals surface area contributed by atoms with Gasteiger partial charge in [0, 0.05) is 16.1 Å². The number of Topliss-reactive ketones (excluding diaryl/α,β-unsaturated/α-hetero) is 1. The zero-order valence-corrected chi connectivity index (χ0v) is 17.6. The molecule has 1 aliphatic rings. The van der Waals surface area contributed by atoms with Crippen LogP contribution in [0.1, 0.15) is 39.0 Å². The molecule has 3 aromatic rings. The van der Waals surface area contributed by atoms with Gasteiger partial charge in [0.2, 0.25) is 0 Å². The van der Waals surface area contributed by atoms with Crippen LogP contribution in [0.15, 0.2) is 66.7 Å². The molecule has 0 bridgehead atoms. The summed E-state index contributed by atoms with van der Waals surface area (Å²) in [6.45, 7) is 4.03. The average molecular weight is 420 g/mol. The Labute approximate surface area is 180 Å². The molecule has 30 heavy (non-hydrogen) atoms. The molecule has 4 nitrogen and oxygen atoms in total. The molecule has 3 aromatic carbocycles. The topological polar surface area (TPSA) is 57.6 Å². The van der Waals surface area contributed by atoms with Crippen LogP contribution in [0.2, 0.25) is 5.02 Å². The molecule has 0 fully saturated rings. The Balaban J connectivity index is 1.70. The predicted octanol–water partition coefficient (Wildman–Crippen LogP) is 4.96. The van der Waals surface area contributed by atoms with Crippen molar-refractivity contribution < 1.29 is 14.7 Å². The number of carbonyl (C=O) groups is 2. The number of nitrogens with zero attached hydrogens (tertiary/aromatic N) is 1. The Kier molecular flexibility index (Phi) is 5.22. The van der Waals surface area contributed by atoms with Gasteiger partial charge in [-0.1, -0.05) is 71.8 Å². The molecule has 5 heteroatoms. The van der Waals surface area contributed by atoms with Gasteiger partial charge in [0.1, 0.15) is 0 Å². The molecule has 4 rings (SSSR count). The maximum absolute atomic E-state index is 13.4. The van der Waals surface area contributed by atoms with Gasteiger partial charge in [-0.05, 0) is 37.1 Å². The van der Waals surface area contributed by atoms with E-state index >= 15 is 0 Å². The fraction of sp³-hybridized carbons (Fsp3) is 0.200. The van der Waals surface area contributed by atoms with Crippen LogP contribution in [0.25, 0.3) is 0 Å². The van der Waals surface area contributed by atoms with Crippen LogP contribution in [0, 0.1) is 13.8 Å². The molecule has 0 saturated heterocycles. The Morgan fingerprint density at radius 1 is 1.03 bits per heavy atom. The number of aryl methyl sites for hydroxylation is 2. The summed E-state index contributed by atoms with van der Waals surface area (Å²) in [6, 6.07) is 19.9. The van der Waals surface area contributed by atoms with Crippen LogP contribution >= 0.6 is 11.6 Å². The van der Waals surface area contributed by atoms with Gasteiger partial charge in [-0.3, -0.25) is 9.59 Å². The molecule has 1 atom stereocenters. The Hall–Kier alpha value is -2.95. The van der Waals surface area contributed by atoms with Gasteiger partial charge >= 0.3 is 0 Å². The summed E-state index contributed by atoms with van der Waals surface area (Å²) in [7, 11) is 0. The quantitative estimate of drug-likeness (QED) is 0.594. The molecule has 0 aromatic heterocycles. The van der Waals surface area contributed by atoms with Gasteiger partial charge in [0.25, 0.3) is 5.91 Å². The first-order valence-corrected chi connectivity index (χ1v) is 10.2. The van der Waals surface area contributed by atoms with Crippen molar-refractivity contribution in [3.8, 4) is 0 Å². The number of para-hydroxylation sites is 1. The lowest BCUT2D eigenvalue weighted by Gasteiger charge is -2.23. The summed E-state index contributed by atoms with van der Waals surface area (Å²) >= 11 is 6.29. The lowest BCUT2D eigenvalue weighted by Crippen LogP contribution is -2.41. The maximum Gasteiger partial charge on any atom is 0.264 e. The van der Waals surface area contributed by atoms with E-state index in [1.54, 1.807) is 30.3 Å². The molecule has 1 N–H and O–H groups in total. The number of benzene rings is 3. The number of fused-ring (bicyclic) bond motifs is 1. The summed E-state index contributed by atoms with van der Waals surface area (Å²) in [5.74, 6) is -0.778. The summed E-state index contributed by atoms with van der Waals surface area (Å²) in [4.78, 5) is 28.0. The minimum atomic E-state index is -1.91. The third kappa shape index (κ3) is 3.42. The van der Waals surface area contributed by atoms with Crippen LogP contribution in [0.3, 0.4) is 0 Å². The minimum absolute atomic E-state index is 0.218. The van der Waals surface area contributed by atoms with Gasteiger partial charge in [-0.15, -0.1) is 0 Å². The monoisotopic (exact) mass is 419 g/mol. The van der Waals surface area contributed by atoms with Crippen molar-refractivity contribution in [1.82, 2.24) is 0 Å². The molecule has 0 aliphatic carbocycles. The highest BCUT2D eigenvalue weighted by molar-refractivity contribution is 6.31. The molecule has 0 saturated carbocycles. The van der Waals surface area contributed by atoms with Gasteiger partial charge < -0.3 is 10.0 Å². The number of ketones is 1. The average Bonchev–Trinajstić information content (AvgIpc) is 2.91. The molecule has 0 radical (unpaired) electrons. The van der Waals surface area contributed by atoms with Crippen LogP contribution in [-0.4, -0.2) is 16.8 Å². The van der Waals surface area contributed by atoms with E-state index < -0.39 is 11.5 Å². The highest BCUT2D eigenvalue weighted by atomic mass is 35.5. The minimum Gasteiger partial charge on any atom is -0.375 e. The number of hydrogen-bond donors (Lipinski definition) is 1. The van der Waals surface area contributed by atoms with Crippen molar-refractivity contribution in [3.63, 3.8) is 0 Å². The van der Waals surface area contributed by atoms with E-state index in [0.717, 1.165) is 16.7 Å². The van der Waals surface area contributed by atoms with Gasteiger partial charge in [-0.25, -0.2) is 0 Å². The lowest BCUT2D eigenvalue weighted by atomic mass is 9.87. The van der Waals surface area contributed by atoms with Crippen molar-refractivity contribution in [2.45, 2.75) is 32.4 Å². The molecule has 1 heterocycles. The van der Waals surface area contributed by atoms with E-state index in [1.165, 1.54) is 4.90 Å². The third-order valence-corrected chi connectivity index (χ3v) is 5.99. The van der Waals surface area contributed by atoms with Gasteiger partial charge in [0.15, 0.2) is 11.4 Å². The summed E-state index contributed by atoms with van der Waals surface area (Å²) in [5.41, 5.74) is 2.30. The van der Waals surface area contributed by atoms with E-state index in [4.69, 9.17) is 11.6 Å². The third-order valence-electron chi connectivity index (χ3n) is 5.62. The molecule has 0 unspecified atom stereocenters. The molecule has 0 spiro atoms. The smallest absolute Gasteiger partial charge is 0.264 e. The number of anilines is 1. The van der Waals surface area contributed by atoms with Crippen molar-refractivity contribution in [2.24, 2.45) is 0 Å². The van der Waals surface area contributed by atoms with Crippen molar-refractivity contribution in [1.29, 1.82) is 0 Å².